The van der Waals surface area contributed by atoms with E-state index in [1.807, 2.05) is 43.0 Å². The van der Waals surface area contributed by atoms with Crippen molar-refractivity contribution in [1.29, 1.82) is 0 Å². The Morgan fingerprint density at radius 1 is 1.39 bits per heavy atom. The Hall–Kier alpha value is -2.30. The number of para-hydroxylation sites is 1. The van der Waals surface area contributed by atoms with Gasteiger partial charge < -0.3 is 14.2 Å². The summed E-state index contributed by atoms with van der Waals surface area (Å²) in [7, 11) is 1.63. The average molecular weight is 314 g/mol. The minimum absolute atomic E-state index is 0.0726. The number of ether oxygens (including phenoxy) is 1. The highest BCUT2D eigenvalue weighted by molar-refractivity contribution is 5.80. The van der Waals surface area contributed by atoms with Crippen molar-refractivity contribution in [3.63, 3.8) is 0 Å². The number of benzene rings is 1. The number of aryl methyl sites for hydroxylation is 2. The third-order valence-electron chi connectivity index (χ3n) is 4.53. The fourth-order valence-corrected chi connectivity index (χ4v) is 3.44. The standard InChI is InChI=1S/C18H22N2O3/c1-12-18(13(2)23-19-12)15-8-6-10-20(15)17(21)11-14-7-4-5-9-16(14)22-3/h4-5,7,9,15H,6,8,10-11H2,1-3H3/t15-/m1/s1. The summed E-state index contributed by atoms with van der Waals surface area (Å²) in [5.74, 6) is 1.69. The zero-order valence-electron chi connectivity index (χ0n) is 13.8. The van der Waals surface area contributed by atoms with Crippen LogP contribution < -0.4 is 4.74 Å². The Morgan fingerprint density at radius 3 is 2.87 bits per heavy atom. The molecule has 2 heterocycles. The number of hydrogen-bond donors (Lipinski definition) is 0. The maximum Gasteiger partial charge on any atom is 0.227 e. The van der Waals surface area contributed by atoms with Crippen LogP contribution in [0.2, 0.25) is 0 Å². The molecule has 23 heavy (non-hydrogen) atoms. The molecule has 0 bridgehead atoms. The average Bonchev–Trinajstić information content (AvgIpc) is 3.14. The van der Waals surface area contributed by atoms with Gasteiger partial charge in [-0.3, -0.25) is 4.79 Å². The second-order valence-electron chi connectivity index (χ2n) is 5.97. The molecular formula is C18H22N2O3. The molecule has 2 aromatic rings. The highest BCUT2D eigenvalue weighted by Crippen LogP contribution is 2.36. The number of methoxy groups -OCH3 is 1. The van der Waals surface area contributed by atoms with Gasteiger partial charge in [0, 0.05) is 17.7 Å². The van der Waals surface area contributed by atoms with Crippen LogP contribution in [0.25, 0.3) is 0 Å². The van der Waals surface area contributed by atoms with E-state index < -0.39 is 0 Å². The van der Waals surface area contributed by atoms with Gasteiger partial charge in [0.15, 0.2) is 0 Å². The van der Waals surface area contributed by atoms with Crippen LogP contribution in [-0.4, -0.2) is 29.6 Å². The van der Waals surface area contributed by atoms with Crippen molar-refractivity contribution >= 4 is 5.91 Å². The van der Waals surface area contributed by atoms with E-state index in [-0.39, 0.29) is 11.9 Å². The first-order chi connectivity index (χ1) is 11.1. The van der Waals surface area contributed by atoms with Gasteiger partial charge in [0.2, 0.25) is 5.91 Å². The fourth-order valence-electron chi connectivity index (χ4n) is 3.44. The Labute approximate surface area is 136 Å². The summed E-state index contributed by atoms with van der Waals surface area (Å²) in [6, 6.07) is 7.75. The minimum atomic E-state index is 0.0726. The first-order valence-electron chi connectivity index (χ1n) is 7.96. The van der Waals surface area contributed by atoms with E-state index in [4.69, 9.17) is 9.26 Å². The molecule has 1 aliphatic heterocycles. The topological polar surface area (TPSA) is 55.6 Å². The van der Waals surface area contributed by atoms with E-state index >= 15 is 0 Å². The van der Waals surface area contributed by atoms with Crippen molar-refractivity contribution in [3.8, 4) is 5.75 Å². The van der Waals surface area contributed by atoms with Crippen molar-refractivity contribution < 1.29 is 14.1 Å². The third kappa shape index (κ3) is 2.96. The Bertz CT molecular complexity index is 689. The zero-order valence-corrected chi connectivity index (χ0v) is 13.8. The zero-order chi connectivity index (χ0) is 16.4. The second-order valence-corrected chi connectivity index (χ2v) is 5.97. The number of aromatic nitrogens is 1. The normalized spacial score (nSPS) is 17.5. The first-order valence-corrected chi connectivity index (χ1v) is 7.96. The molecule has 3 rings (SSSR count). The number of nitrogens with zero attached hydrogens (tertiary/aromatic N) is 2. The SMILES string of the molecule is COc1ccccc1CC(=O)N1CCC[C@@H]1c1c(C)noc1C. The van der Waals surface area contributed by atoms with Gasteiger partial charge in [0.25, 0.3) is 0 Å². The first kappa shape index (κ1) is 15.6. The van der Waals surface area contributed by atoms with Gasteiger partial charge in [-0.15, -0.1) is 0 Å². The molecule has 122 valence electrons. The van der Waals surface area contributed by atoms with Gasteiger partial charge >= 0.3 is 0 Å². The van der Waals surface area contributed by atoms with E-state index in [1.54, 1.807) is 7.11 Å². The van der Waals surface area contributed by atoms with Crippen LogP contribution in [0.4, 0.5) is 0 Å². The van der Waals surface area contributed by atoms with Crippen molar-refractivity contribution in [2.45, 2.75) is 39.2 Å². The molecule has 1 aromatic heterocycles. The molecular weight excluding hydrogens is 292 g/mol. The summed E-state index contributed by atoms with van der Waals surface area (Å²) in [5.41, 5.74) is 2.87. The number of carbonyl (C=O) groups is 1. The van der Waals surface area contributed by atoms with Gasteiger partial charge in [-0.25, -0.2) is 0 Å². The smallest absolute Gasteiger partial charge is 0.227 e. The predicted octanol–water partition coefficient (Wildman–Crippen LogP) is 3.21. The number of carbonyl (C=O) groups excluding carboxylic acids is 1. The molecule has 1 atom stereocenters. The van der Waals surface area contributed by atoms with Gasteiger partial charge in [0.1, 0.15) is 11.5 Å². The fraction of sp³-hybridized carbons (Fsp3) is 0.444. The van der Waals surface area contributed by atoms with Gasteiger partial charge in [0.05, 0.1) is 25.3 Å². The molecule has 0 saturated carbocycles. The number of rotatable bonds is 4. The molecule has 1 fully saturated rings. The largest absolute Gasteiger partial charge is 0.496 e. The monoisotopic (exact) mass is 314 g/mol. The molecule has 0 aliphatic carbocycles. The number of amides is 1. The van der Waals surface area contributed by atoms with E-state index in [1.165, 1.54) is 0 Å². The molecule has 1 aromatic carbocycles. The lowest BCUT2D eigenvalue weighted by Crippen LogP contribution is -2.32. The van der Waals surface area contributed by atoms with Crippen LogP contribution in [-0.2, 0) is 11.2 Å². The molecule has 5 heteroatoms. The highest BCUT2D eigenvalue weighted by Gasteiger charge is 2.33. The Balaban J connectivity index is 1.81. The van der Waals surface area contributed by atoms with Crippen molar-refractivity contribution in [3.05, 3.63) is 46.8 Å². The predicted molar refractivity (Wildman–Crippen MR) is 86.4 cm³/mol. The molecule has 1 amide bonds. The maximum absolute atomic E-state index is 12.8. The molecule has 1 saturated heterocycles. The van der Waals surface area contributed by atoms with Gasteiger partial charge in [-0.2, -0.15) is 0 Å². The molecule has 0 radical (unpaired) electrons. The number of likely N-dealkylation sites (tertiary alicyclic amines) is 1. The van der Waals surface area contributed by atoms with Gasteiger partial charge in [-0.1, -0.05) is 23.4 Å². The lowest BCUT2D eigenvalue weighted by atomic mass is 10.0. The number of hydrogen-bond acceptors (Lipinski definition) is 4. The minimum Gasteiger partial charge on any atom is -0.496 e. The Morgan fingerprint density at radius 2 is 2.17 bits per heavy atom. The van der Waals surface area contributed by atoms with E-state index in [0.29, 0.717) is 6.42 Å². The second kappa shape index (κ2) is 6.44. The van der Waals surface area contributed by atoms with E-state index in [0.717, 1.165) is 47.7 Å². The summed E-state index contributed by atoms with van der Waals surface area (Å²) in [5, 5.41) is 4.03. The highest BCUT2D eigenvalue weighted by atomic mass is 16.5. The molecule has 5 nitrogen and oxygen atoms in total. The van der Waals surface area contributed by atoms with E-state index in [9.17, 15) is 4.79 Å². The van der Waals surface area contributed by atoms with Crippen LogP contribution in [0.15, 0.2) is 28.8 Å². The molecule has 0 N–H and O–H groups in total. The van der Waals surface area contributed by atoms with Crippen molar-refractivity contribution in [2.75, 3.05) is 13.7 Å². The summed E-state index contributed by atoms with van der Waals surface area (Å²) in [6.45, 7) is 4.63. The van der Waals surface area contributed by atoms with Crippen LogP contribution in [0.1, 0.15) is 41.5 Å². The van der Waals surface area contributed by atoms with Crippen molar-refractivity contribution in [2.24, 2.45) is 0 Å². The van der Waals surface area contributed by atoms with E-state index in [2.05, 4.69) is 5.16 Å². The van der Waals surface area contributed by atoms with Crippen LogP contribution in [0.3, 0.4) is 0 Å². The molecule has 0 unspecified atom stereocenters. The summed E-state index contributed by atoms with van der Waals surface area (Å²) in [4.78, 5) is 14.8. The van der Waals surface area contributed by atoms with Crippen LogP contribution in [0, 0.1) is 13.8 Å². The quantitative estimate of drug-likeness (QED) is 0.869. The summed E-state index contributed by atoms with van der Waals surface area (Å²) in [6.07, 6.45) is 2.32. The molecule has 0 spiro atoms. The maximum atomic E-state index is 12.8. The van der Waals surface area contributed by atoms with Gasteiger partial charge in [-0.05, 0) is 32.8 Å². The summed E-state index contributed by atoms with van der Waals surface area (Å²) < 4.78 is 10.6. The summed E-state index contributed by atoms with van der Waals surface area (Å²) >= 11 is 0. The van der Waals surface area contributed by atoms with Crippen molar-refractivity contribution in [1.82, 2.24) is 10.1 Å². The lowest BCUT2D eigenvalue weighted by molar-refractivity contribution is -0.131. The Kier molecular flexibility index (Phi) is 4.37. The van der Waals surface area contributed by atoms with Crippen LogP contribution in [0.5, 0.6) is 5.75 Å². The lowest BCUT2D eigenvalue weighted by Gasteiger charge is -2.25. The molecule has 1 aliphatic rings. The van der Waals surface area contributed by atoms with Crippen LogP contribution >= 0.6 is 0 Å². The third-order valence-corrected chi connectivity index (χ3v) is 4.53.